The molecule has 4 aromatic heterocycles. The fraction of sp³-hybridized carbons (Fsp3) is 0.425. The number of pyridine rings is 1. The zero-order valence-corrected chi connectivity index (χ0v) is 33.7. The molecule has 6 heterocycles. The van der Waals surface area contributed by atoms with Gasteiger partial charge in [-0.1, -0.05) is 39.0 Å². The summed E-state index contributed by atoms with van der Waals surface area (Å²) >= 11 is 0. The summed E-state index contributed by atoms with van der Waals surface area (Å²) in [6.45, 7) is 10.3. The molecule has 1 aromatic carbocycles. The Bertz CT molecular complexity index is 2370. The second-order valence-electron chi connectivity index (χ2n) is 15.5. The number of anilines is 1. The van der Waals surface area contributed by atoms with Gasteiger partial charge >= 0.3 is 0 Å². The Balaban J connectivity index is 0.986. The van der Waals surface area contributed by atoms with E-state index < -0.39 is 10.0 Å². The summed E-state index contributed by atoms with van der Waals surface area (Å²) in [5.41, 5.74) is 4.99. The molecule has 2 saturated heterocycles. The molecule has 2 aliphatic rings. The van der Waals surface area contributed by atoms with E-state index in [-0.39, 0.29) is 46.3 Å². The third-order valence-electron chi connectivity index (χ3n) is 10.6. The Morgan fingerprint density at radius 2 is 1.70 bits per heavy atom. The maximum absolute atomic E-state index is 14.2. The molecule has 7 rings (SSSR count). The van der Waals surface area contributed by atoms with Gasteiger partial charge in [0.2, 0.25) is 5.91 Å². The minimum absolute atomic E-state index is 0.0826. The lowest BCUT2D eigenvalue weighted by atomic mass is 10.0. The van der Waals surface area contributed by atoms with Crippen LogP contribution >= 0.6 is 0 Å². The Morgan fingerprint density at radius 1 is 0.947 bits per heavy atom. The van der Waals surface area contributed by atoms with Crippen molar-refractivity contribution in [1.82, 2.24) is 49.9 Å². The van der Waals surface area contributed by atoms with Gasteiger partial charge in [0.15, 0.2) is 0 Å². The number of carbonyl (C=O) groups is 3. The van der Waals surface area contributed by atoms with Crippen molar-refractivity contribution in [3.63, 3.8) is 0 Å². The molecule has 17 heteroatoms. The van der Waals surface area contributed by atoms with Gasteiger partial charge in [0.1, 0.15) is 11.4 Å². The normalized spacial score (nSPS) is 17.6. The highest BCUT2D eigenvalue weighted by atomic mass is 32.2. The van der Waals surface area contributed by atoms with Crippen LogP contribution in [0.15, 0.2) is 71.9 Å². The van der Waals surface area contributed by atoms with Gasteiger partial charge in [-0.15, -0.1) is 0 Å². The number of aromatic amines is 1. The molecule has 57 heavy (non-hydrogen) atoms. The number of aromatic nitrogens is 7. The molecule has 2 fully saturated rings. The number of benzene rings is 1. The molecule has 3 atom stereocenters. The third-order valence-corrected chi connectivity index (χ3v) is 12.0. The Labute approximate surface area is 332 Å². The molecule has 3 amide bonds. The van der Waals surface area contributed by atoms with Crippen molar-refractivity contribution in [3.05, 3.63) is 107 Å². The first-order valence-electron chi connectivity index (χ1n) is 19.3. The van der Waals surface area contributed by atoms with E-state index in [1.54, 1.807) is 73.9 Å². The Morgan fingerprint density at radius 3 is 2.44 bits per heavy atom. The van der Waals surface area contributed by atoms with Gasteiger partial charge < -0.3 is 15.1 Å². The number of amides is 3. The first kappa shape index (κ1) is 39.4. The summed E-state index contributed by atoms with van der Waals surface area (Å²) in [6, 6.07) is 15.2. The number of hydrogen-bond donors (Lipinski definition) is 3. The molecule has 0 radical (unpaired) electrons. The van der Waals surface area contributed by atoms with E-state index in [1.807, 2.05) is 47.0 Å². The van der Waals surface area contributed by atoms with Gasteiger partial charge in [0.25, 0.3) is 21.8 Å². The van der Waals surface area contributed by atoms with Gasteiger partial charge in [-0.2, -0.15) is 15.3 Å². The third kappa shape index (κ3) is 8.93. The summed E-state index contributed by atoms with van der Waals surface area (Å²) in [7, 11) is -1.96. The van der Waals surface area contributed by atoms with Crippen molar-refractivity contribution in [2.75, 3.05) is 30.9 Å². The number of aryl methyl sites for hydroxylation is 2. The van der Waals surface area contributed by atoms with E-state index in [2.05, 4.69) is 25.3 Å². The van der Waals surface area contributed by atoms with E-state index in [9.17, 15) is 22.8 Å². The highest BCUT2D eigenvalue weighted by Gasteiger charge is 2.34. The summed E-state index contributed by atoms with van der Waals surface area (Å²) in [4.78, 5) is 48.8. The molecule has 3 N–H and O–H groups in total. The van der Waals surface area contributed by atoms with Gasteiger partial charge in [0.05, 0.1) is 34.1 Å². The van der Waals surface area contributed by atoms with E-state index >= 15 is 0 Å². The standard InChI is InChI=1S/C40H49N11O5S/c1-25(2)33-18-37(40(54)50-13-11-29(23-50)35-16-31(15-27(4)43-35)47-57(55,56)32-9-7-6-8-10-32)51(46-33)21-26(3)34-17-36(45-44-34)39(53)49-14-12-30(24-49)38(52)41-19-28-20-42-48(5)22-28/h6-10,15-18,20,22,25-26,29-30H,11-14,19,21,23-24H2,1-5H3,(H,41,52)(H,43,47)(H,44,45). The lowest BCUT2D eigenvalue weighted by Gasteiger charge is -2.19. The van der Waals surface area contributed by atoms with Crippen LogP contribution < -0.4 is 10.0 Å². The largest absolute Gasteiger partial charge is 0.352 e. The SMILES string of the molecule is Cc1cc(NS(=O)(=O)c2ccccc2)cc(C2CCN(C(=O)c3cc(C(C)C)nn3CC(C)c3cc(C(=O)N4CCC(C(=O)NCc5cnn(C)c5)C4)[nH]n3)C2)n1. The van der Waals surface area contributed by atoms with Crippen LogP contribution in [0.5, 0.6) is 0 Å². The maximum Gasteiger partial charge on any atom is 0.272 e. The molecule has 300 valence electrons. The molecule has 0 aliphatic carbocycles. The lowest BCUT2D eigenvalue weighted by molar-refractivity contribution is -0.124. The number of carbonyl (C=O) groups excluding carboxylic acids is 3. The van der Waals surface area contributed by atoms with Gasteiger partial charge in [0, 0.05) is 81.3 Å². The van der Waals surface area contributed by atoms with Crippen LogP contribution in [0.4, 0.5) is 5.69 Å². The number of hydrogen-bond acceptors (Lipinski definition) is 9. The lowest BCUT2D eigenvalue weighted by Crippen LogP contribution is -2.34. The van der Waals surface area contributed by atoms with E-state index in [0.717, 1.165) is 17.0 Å². The average Bonchev–Trinajstić information content (AvgIpc) is 4.04. The number of nitrogens with zero attached hydrogens (tertiary/aromatic N) is 8. The molecule has 16 nitrogen and oxygen atoms in total. The van der Waals surface area contributed by atoms with Gasteiger partial charge in [-0.3, -0.25) is 38.6 Å². The molecule has 0 saturated carbocycles. The quantitative estimate of drug-likeness (QED) is 0.157. The first-order chi connectivity index (χ1) is 27.2. The molecule has 2 aliphatic heterocycles. The fourth-order valence-corrected chi connectivity index (χ4v) is 8.49. The van der Waals surface area contributed by atoms with Gasteiger partial charge in [-0.25, -0.2) is 8.42 Å². The molecule has 0 spiro atoms. The smallest absolute Gasteiger partial charge is 0.272 e. The Hall–Kier alpha value is -5.84. The predicted octanol–water partition coefficient (Wildman–Crippen LogP) is 4.18. The molecule has 5 aromatic rings. The zero-order chi connectivity index (χ0) is 40.4. The van der Waals surface area contributed by atoms with Crippen LogP contribution in [0, 0.1) is 12.8 Å². The number of likely N-dealkylation sites (tertiary alicyclic amines) is 2. The fourth-order valence-electron chi connectivity index (χ4n) is 7.43. The van der Waals surface area contributed by atoms with E-state index in [4.69, 9.17) is 10.1 Å². The van der Waals surface area contributed by atoms with Crippen LogP contribution in [0.2, 0.25) is 0 Å². The van der Waals surface area contributed by atoms with Crippen molar-refractivity contribution in [3.8, 4) is 0 Å². The maximum atomic E-state index is 14.2. The highest BCUT2D eigenvalue weighted by molar-refractivity contribution is 7.92. The summed E-state index contributed by atoms with van der Waals surface area (Å²) < 4.78 is 32.2. The number of sulfonamides is 1. The molecule has 0 bridgehead atoms. The van der Waals surface area contributed by atoms with Crippen molar-refractivity contribution in [1.29, 1.82) is 0 Å². The van der Waals surface area contributed by atoms with Gasteiger partial charge in [-0.05, 0) is 62.1 Å². The van der Waals surface area contributed by atoms with Crippen LogP contribution in [-0.4, -0.2) is 96.9 Å². The molecule has 3 unspecified atom stereocenters. The van der Waals surface area contributed by atoms with Crippen molar-refractivity contribution < 1.29 is 22.8 Å². The van der Waals surface area contributed by atoms with Crippen LogP contribution in [-0.2, 0) is 35.0 Å². The Kier molecular flexibility index (Phi) is 11.3. The van der Waals surface area contributed by atoms with Crippen molar-refractivity contribution in [2.45, 2.75) is 76.3 Å². The summed E-state index contributed by atoms with van der Waals surface area (Å²) in [6.07, 6.45) is 4.81. The number of H-pyrrole nitrogens is 1. The minimum atomic E-state index is -3.78. The first-order valence-corrected chi connectivity index (χ1v) is 20.8. The topological polar surface area (TPSA) is 193 Å². The number of nitrogens with one attached hydrogen (secondary N) is 3. The number of rotatable bonds is 13. The second kappa shape index (κ2) is 16.3. The van der Waals surface area contributed by atoms with Crippen LogP contribution in [0.25, 0.3) is 0 Å². The van der Waals surface area contributed by atoms with Crippen LogP contribution in [0.1, 0.15) is 101 Å². The van der Waals surface area contributed by atoms with Crippen LogP contribution in [0.3, 0.4) is 0 Å². The average molecular weight is 796 g/mol. The van der Waals surface area contributed by atoms with Crippen molar-refractivity contribution in [2.24, 2.45) is 13.0 Å². The van der Waals surface area contributed by atoms with Crippen molar-refractivity contribution >= 4 is 33.4 Å². The van der Waals surface area contributed by atoms with E-state index in [0.29, 0.717) is 80.6 Å². The highest BCUT2D eigenvalue weighted by Crippen LogP contribution is 2.31. The summed E-state index contributed by atoms with van der Waals surface area (Å²) in [5.74, 6) is -0.935. The molecular formula is C40H49N11O5S. The summed E-state index contributed by atoms with van der Waals surface area (Å²) in [5, 5.41) is 19.3. The zero-order valence-electron chi connectivity index (χ0n) is 32.8. The second-order valence-corrected chi connectivity index (χ2v) is 17.1. The molecular weight excluding hydrogens is 747 g/mol. The minimum Gasteiger partial charge on any atom is -0.352 e. The predicted molar refractivity (Wildman–Crippen MR) is 212 cm³/mol. The monoisotopic (exact) mass is 795 g/mol. The van der Waals surface area contributed by atoms with E-state index in [1.165, 1.54) is 0 Å².